The van der Waals surface area contributed by atoms with Crippen LogP contribution in [0.2, 0.25) is 0 Å². The first-order chi connectivity index (χ1) is 14.7. The van der Waals surface area contributed by atoms with E-state index < -0.39 is 0 Å². The highest BCUT2D eigenvalue weighted by Gasteiger charge is 2.19. The molecule has 0 saturated carbocycles. The summed E-state index contributed by atoms with van der Waals surface area (Å²) < 4.78 is 24.5. The van der Waals surface area contributed by atoms with Crippen molar-refractivity contribution in [2.75, 3.05) is 39.4 Å². The molecule has 2 aliphatic heterocycles. The second-order valence-corrected chi connectivity index (χ2v) is 7.97. The number of fused-ring (bicyclic) bond motifs is 1. The number of hydrogen-bond acceptors (Lipinski definition) is 4. The fourth-order valence-electron chi connectivity index (χ4n) is 4.00. The third kappa shape index (κ3) is 5.51. The van der Waals surface area contributed by atoms with E-state index in [2.05, 4.69) is 4.90 Å². The minimum Gasteiger partial charge on any atom is -0.490 e. The highest BCUT2D eigenvalue weighted by atomic mass is 19.1. The maximum atomic E-state index is 13.1. The lowest BCUT2D eigenvalue weighted by Gasteiger charge is -2.22. The molecule has 0 atom stereocenters. The zero-order valence-electron chi connectivity index (χ0n) is 17.3. The van der Waals surface area contributed by atoms with Gasteiger partial charge in [-0.2, -0.15) is 0 Å². The van der Waals surface area contributed by atoms with Crippen molar-refractivity contribution in [3.05, 3.63) is 59.4 Å². The van der Waals surface area contributed by atoms with E-state index in [1.807, 2.05) is 35.2 Å². The molecule has 5 nitrogen and oxygen atoms in total. The van der Waals surface area contributed by atoms with Crippen molar-refractivity contribution in [3.8, 4) is 11.5 Å². The van der Waals surface area contributed by atoms with Gasteiger partial charge in [0.2, 0.25) is 5.91 Å². The topological polar surface area (TPSA) is 42.0 Å². The number of benzene rings is 2. The van der Waals surface area contributed by atoms with Gasteiger partial charge in [-0.3, -0.25) is 9.69 Å². The van der Waals surface area contributed by atoms with E-state index in [0.717, 1.165) is 68.2 Å². The van der Waals surface area contributed by atoms with Gasteiger partial charge in [-0.15, -0.1) is 0 Å². The normalized spacial score (nSPS) is 17.3. The van der Waals surface area contributed by atoms with Crippen LogP contribution in [0.4, 0.5) is 4.39 Å². The monoisotopic (exact) mass is 412 g/mol. The summed E-state index contributed by atoms with van der Waals surface area (Å²) in [6, 6.07) is 12.6. The maximum absolute atomic E-state index is 13.1. The van der Waals surface area contributed by atoms with Crippen molar-refractivity contribution in [1.29, 1.82) is 0 Å². The molecule has 0 bridgehead atoms. The molecule has 30 heavy (non-hydrogen) atoms. The summed E-state index contributed by atoms with van der Waals surface area (Å²) in [6.45, 7) is 5.45. The summed E-state index contributed by atoms with van der Waals surface area (Å²) in [7, 11) is 0. The molecule has 0 aliphatic carbocycles. The van der Waals surface area contributed by atoms with Crippen molar-refractivity contribution in [3.63, 3.8) is 0 Å². The fourth-order valence-corrected chi connectivity index (χ4v) is 4.00. The van der Waals surface area contributed by atoms with Gasteiger partial charge < -0.3 is 14.4 Å². The van der Waals surface area contributed by atoms with Gasteiger partial charge in [0.05, 0.1) is 13.2 Å². The quantitative estimate of drug-likeness (QED) is 0.752. The minimum atomic E-state index is -0.208. The molecule has 6 heteroatoms. The second kappa shape index (κ2) is 9.94. The van der Waals surface area contributed by atoms with Gasteiger partial charge in [0, 0.05) is 45.6 Å². The lowest BCUT2D eigenvalue weighted by molar-refractivity contribution is -0.131. The summed E-state index contributed by atoms with van der Waals surface area (Å²) in [5.41, 5.74) is 2.20. The van der Waals surface area contributed by atoms with Crippen molar-refractivity contribution in [1.82, 2.24) is 9.80 Å². The van der Waals surface area contributed by atoms with E-state index in [9.17, 15) is 9.18 Å². The van der Waals surface area contributed by atoms with E-state index >= 15 is 0 Å². The van der Waals surface area contributed by atoms with Gasteiger partial charge in [0.1, 0.15) is 5.82 Å². The molecule has 2 heterocycles. The number of halogens is 1. The molecule has 0 unspecified atom stereocenters. The summed E-state index contributed by atoms with van der Waals surface area (Å²) in [5, 5.41) is 0. The molecule has 0 radical (unpaired) electrons. The summed E-state index contributed by atoms with van der Waals surface area (Å²) in [5.74, 6) is 1.56. The van der Waals surface area contributed by atoms with Crippen molar-refractivity contribution < 1.29 is 18.7 Å². The van der Waals surface area contributed by atoms with Crippen molar-refractivity contribution in [2.45, 2.75) is 32.2 Å². The largest absolute Gasteiger partial charge is 0.490 e. The Morgan fingerprint density at radius 2 is 1.63 bits per heavy atom. The summed E-state index contributed by atoms with van der Waals surface area (Å²) in [4.78, 5) is 17.1. The molecule has 2 aliphatic rings. The lowest BCUT2D eigenvalue weighted by atomic mass is 10.1. The smallest absolute Gasteiger partial charge is 0.222 e. The number of aryl methyl sites for hydroxylation is 1. The molecule has 1 amide bonds. The Balaban J connectivity index is 1.27. The van der Waals surface area contributed by atoms with Crippen LogP contribution >= 0.6 is 0 Å². The number of nitrogens with zero attached hydrogens (tertiary/aromatic N) is 2. The standard InChI is InChI=1S/C24H29FN2O3/c25-21-7-3-20(4-8-21)18-26-11-1-12-27(14-13-26)24(28)10-6-19-5-9-22-23(17-19)30-16-2-15-29-22/h3-5,7-9,17H,1-2,6,10-16,18H2. The first-order valence-electron chi connectivity index (χ1n) is 10.8. The molecule has 2 aromatic rings. The van der Waals surface area contributed by atoms with Gasteiger partial charge in [-0.05, 0) is 48.2 Å². The molecular weight excluding hydrogens is 383 g/mol. The Labute approximate surface area is 177 Å². The van der Waals surface area contributed by atoms with Gasteiger partial charge in [-0.1, -0.05) is 18.2 Å². The van der Waals surface area contributed by atoms with Crippen LogP contribution in [-0.2, 0) is 17.8 Å². The SMILES string of the molecule is O=C(CCc1ccc2c(c1)OCCCO2)N1CCCN(Cc2ccc(F)cc2)CC1. The van der Waals surface area contributed by atoms with Crippen LogP contribution in [0.15, 0.2) is 42.5 Å². The Kier molecular flexibility index (Phi) is 6.84. The van der Waals surface area contributed by atoms with Crippen LogP contribution in [0.3, 0.4) is 0 Å². The fraction of sp³-hybridized carbons (Fsp3) is 0.458. The Bertz CT molecular complexity index is 856. The number of carbonyl (C=O) groups excluding carboxylic acids is 1. The van der Waals surface area contributed by atoms with E-state index in [0.29, 0.717) is 26.1 Å². The first kappa shape index (κ1) is 20.7. The number of carbonyl (C=O) groups is 1. The van der Waals surface area contributed by atoms with Gasteiger partial charge >= 0.3 is 0 Å². The zero-order valence-corrected chi connectivity index (χ0v) is 17.3. The molecule has 4 rings (SSSR count). The molecule has 0 aromatic heterocycles. The van der Waals surface area contributed by atoms with Crippen LogP contribution in [0.1, 0.15) is 30.4 Å². The van der Waals surface area contributed by atoms with Crippen LogP contribution in [0.5, 0.6) is 11.5 Å². The van der Waals surface area contributed by atoms with E-state index in [-0.39, 0.29) is 11.7 Å². The zero-order chi connectivity index (χ0) is 20.8. The number of hydrogen-bond donors (Lipinski definition) is 0. The first-order valence-corrected chi connectivity index (χ1v) is 10.8. The van der Waals surface area contributed by atoms with Crippen molar-refractivity contribution in [2.24, 2.45) is 0 Å². The molecule has 1 fully saturated rings. The number of ether oxygens (including phenoxy) is 2. The van der Waals surface area contributed by atoms with Gasteiger partial charge in [0.15, 0.2) is 11.5 Å². The minimum absolute atomic E-state index is 0.200. The van der Waals surface area contributed by atoms with Crippen LogP contribution < -0.4 is 9.47 Å². The lowest BCUT2D eigenvalue weighted by Crippen LogP contribution is -2.35. The molecule has 160 valence electrons. The highest BCUT2D eigenvalue weighted by molar-refractivity contribution is 5.76. The average molecular weight is 413 g/mol. The van der Waals surface area contributed by atoms with E-state index in [4.69, 9.17) is 9.47 Å². The number of rotatable bonds is 5. The third-order valence-corrected chi connectivity index (χ3v) is 5.70. The summed E-state index contributed by atoms with van der Waals surface area (Å²) in [6.07, 6.45) is 3.04. The number of amides is 1. The third-order valence-electron chi connectivity index (χ3n) is 5.70. The predicted octanol–water partition coefficient (Wildman–Crippen LogP) is 3.65. The molecule has 1 saturated heterocycles. The predicted molar refractivity (Wildman–Crippen MR) is 113 cm³/mol. The molecule has 2 aromatic carbocycles. The van der Waals surface area contributed by atoms with Crippen molar-refractivity contribution >= 4 is 5.91 Å². The Hall–Kier alpha value is -2.60. The van der Waals surface area contributed by atoms with E-state index in [1.54, 1.807) is 0 Å². The van der Waals surface area contributed by atoms with E-state index in [1.165, 1.54) is 12.1 Å². The molecule has 0 N–H and O–H groups in total. The van der Waals surface area contributed by atoms with Crippen LogP contribution in [0, 0.1) is 5.82 Å². The molecular formula is C24H29FN2O3. The molecule has 0 spiro atoms. The maximum Gasteiger partial charge on any atom is 0.222 e. The Morgan fingerprint density at radius 3 is 2.47 bits per heavy atom. The van der Waals surface area contributed by atoms with Gasteiger partial charge in [0.25, 0.3) is 0 Å². The Morgan fingerprint density at radius 1 is 0.867 bits per heavy atom. The second-order valence-electron chi connectivity index (χ2n) is 7.97. The van der Waals surface area contributed by atoms with Crippen LogP contribution in [0.25, 0.3) is 0 Å². The highest BCUT2D eigenvalue weighted by Crippen LogP contribution is 2.30. The van der Waals surface area contributed by atoms with Crippen LogP contribution in [-0.4, -0.2) is 55.1 Å². The average Bonchev–Trinajstić information content (AvgIpc) is 3.14. The summed E-state index contributed by atoms with van der Waals surface area (Å²) >= 11 is 0. The van der Waals surface area contributed by atoms with Gasteiger partial charge in [-0.25, -0.2) is 4.39 Å².